The molecule has 2 aromatic rings. The second-order valence-corrected chi connectivity index (χ2v) is 3.54. The van der Waals surface area contributed by atoms with Crippen molar-refractivity contribution in [3.63, 3.8) is 0 Å². The zero-order valence-electron chi connectivity index (χ0n) is 9.05. The van der Waals surface area contributed by atoms with Gasteiger partial charge in [0.2, 0.25) is 11.8 Å². The van der Waals surface area contributed by atoms with Crippen molar-refractivity contribution in [1.82, 2.24) is 9.97 Å². The zero-order chi connectivity index (χ0) is 12.3. The van der Waals surface area contributed by atoms with Crippen LogP contribution in [0.4, 0.5) is 5.95 Å². The van der Waals surface area contributed by atoms with Crippen molar-refractivity contribution in [2.45, 2.75) is 0 Å². The van der Waals surface area contributed by atoms with E-state index in [1.807, 2.05) is 12.1 Å². The number of nitrogen functional groups attached to an aromatic ring is 1. The number of nitrogens with zero attached hydrogens (tertiary/aromatic N) is 2. The summed E-state index contributed by atoms with van der Waals surface area (Å²) in [6.45, 7) is 0. The van der Waals surface area contributed by atoms with Crippen LogP contribution < -0.4 is 15.2 Å². The monoisotopic (exact) mass is 251 g/mol. The first-order chi connectivity index (χ1) is 8.20. The molecular weight excluding hydrogens is 242 g/mol. The molecule has 0 spiro atoms. The third kappa shape index (κ3) is 2.57. The molecule has 0 bridgehead atoms. The summed E-state index contributed by atoms with van der Waals surface area (Å²) in [6.07, 6.45) is 1.38. The largest absolute Gasteiger partial charge is 0.493 e. The number of nitrogens with two attached hydrogens (primary N) is 1. The van der Waals surface area contributed by atoms with Gasteiger partial charge in [-0.3, -0.25) is 0 Å². The fourth-order valence-corrected chi connectivity index (χ4v) is 1.37. The van der Waals surface area contributed by atoms with Gasteiger partial charge in [-0.15, -0.1) is 0 Å². The number of benzene rings is 1. The van der Waals surface area contributed by atoms with E-state index in [9.17, 15) is 0 Å². The van der Waals surface area contributed by atoms with Crippen LogP contribution in [0.2, 0.25) is 5.02 Å². The van der Waals surface area contributed by atoms with Crippen LogP contribution in [-0.2, 0) is 0 Å². The highest BCUT2D eigenvalue weighted by Gasteiger charge is 2.09. The molecule has 0 amide bonds. The molecule has 0 radical (unpaired) electrons. The molecule has 1 heterocycles. The normalized spacial score (nSPS) is 10.0. The van der Waals surface area contributed by atoms with Crippen LogP contribution >= 0.6 is 11.6 Å². The zero-order valence-corrected chi connectivity index (χ0v) is 9.81. The van der Waals surface area contributed by atoms with E-state index in [1.165, 1.54) is 6.20 Å². The maximum Gasteiger partial charge on any atom is 0.243 e. The Morgan fingerprint density at radius 3 is 2.65 bits per heavy atom. The predicted octanol–water partition coefficient (Wildman–Crippen LogP) is 2.51. The molecule has 2 N–H and O–H groups in total. The number of ether oxygens (including phenoxy) is 2. The third-order valence-corrected chi connectivity index (χ3v) is 2.27. The lowest BCUT2D eigenvalue weighted by Gasteiger charge is -2.09. The van der Waals surface area contributed by atoms with Crippen molar-refractivity contribution in [2.24, 2.45) is 0 Å². The lowest BCUT2D eigenvalue weighted by atomic mass is 10.3. The van der Waals surface area contributed by atoms with Gasteiger partial charge in [0.15, 0.2) is 11.5 Å². The Labute approximate surface area is 103 Å². The van der Waals surface area contributed by atoms with E-state index in [-0.39, 0.29) is 16.9 Å². The van der Waals surface area contributed by atoms with Crippen molar-refractivity contribution in [3.05, 3.63) is 35.5 Å². The number of aromatic nitrogens is 2. The molecule has 0 aliphatic carbocycles. The molecule has 5 nitrogen and oxygen atoms in total. The highest BCUT2D eigenvalue weighted by molar-refractivity contribution is 6.31. The first kappa shape index (κ1) is 11.5. The van der Waals surface area contributed by atoms with Gasteiger partial charge in [-0.1, -0.05) is 23.7 Å². The van der Waals surface area contributed by atoms with E-state index in [2.05, 4.69) is 9.97 Å². The van der Waals surface area contributed by atoms with Gasteiger partial charge in [0, 0.05) is 0 Å². The number of anilines is 1. The van der Waals surface area contributed by atoms with E-state index in [1.54, 1.807) is 19.2 Å². The molecule has 0 atom stereocenters. The second kappa shape index (κ2) is 4.88. The molecule has 88 valence electrons. The number of para-hydroxylation sites is 2. The maximum absolute atomic E-state index is 5.90. The lowest BCUT2D eigenvalue weighted by Crippen LogP contribution is -1.98. The number of hydrogen-bond acceptors (Lipinski definition) is 5. The SMILES string of the molecule is COc1ccccc1Oc1nc(N)ncc1Cl. The molecule has 0 unspecified atom stereocenters. The standard InChI is InChI=1S/C11H10ClN3O2/c1-16-8-4-2-3-5-9(8)17-10-7(12)6-14-11(13)15-10/h2-6H,1H3,(H2,13,14,15). The molecular formula is C11H10ClN3O2. The van der Waals surface area contributed by atoms with Gasteiger partial charge in [0.25, 0.3) is 0 Å². The van der Waals surface area contributed by atoms with E-state index < -0.39 is 0 Å². The Balaban J connectivity index is 2.34. The van der Waals surface area contributed by atoms with Crippen molar-refractivity contribution in [3.8, 4) is 17.4 Å². The third-order valence-electron chi connectivity index (χ3n) is 2.01. The number of halogens is 1. The summed E-state index contributed by atoms with van der Waals surface area (Å²) in [7, 11) is 1.55. The van der Waals surface area contributed by atoms with Gasteiger partial charge in [0.1, 0.15) is 5.02 Å². The minimum Gasteiger partial charge on any atom is -0.493 e. The van der Waals surface area contributed by atoms with E-state index in [4.69, 9.17) is 26.8 Å². The summed E-state index contributed by atoms with van der Waals surface area (Å²) in [4.78, 5) is 7.65. The molecule has 17 heavy (non-hydrogen) atoms. The Kier molecular flexibility index (Phi) is 3.30. The smallest absolute Gasteiger partial charge is 0.243 e. The summed E-state index contributed by atoms with van der Waals surface area (Å²) in [5.74, 6) is 1.39. The van der Waals surface area contributed by atoms with Crippen molar-refractivity contribution >= 4 is 17.5 Å². The van der Waals surface area contributed by atoms with Crippen LogP contribution in [0.5, 0.6) is 17.4 Å². The molecule has 1 aromatic heterocycles. The lowest BCUT2D eigenvalue weighted by molar-refractivity contribution is 0.374. The van der Waals surface area contributed by atoms with E-state index in [0.29, 0.717) is 11.5 Å². The van der Waals surface area contributed by atoms with Gasteiger partial charge >= 0.3 is 0 Å². The Morgan fingerprint density at radius 2 is 1.94 bits per heavy atom. The molecule has 0 saturated carbocycles. The maximum atomic E-state index is 5.90. The molecule has 6 heteroatoms. The first-order valence-corrected chi connectivity index (χ1v) is 5.17. The average Bonchev–Trinajstić information content (AvgIpc) is 2.34. The van der Waals surface area contributed by atoms with Crippen LogP contribution in [-0.4, -0.2) is 17.1 Å². The summed E-state index contributed by atoms with van der Waals surface area (Å²) < 4.78 is 10.7. The Morgan fingerprint density at radius 1 is 1.24 bits per heavy atom. The summed E-state index contributed by atoms with van der Waals surface area (Å²) in [6, 6.07) is 7.17. The molecule has 0 saturated heterocycles. The van der Waals surface area contributed by atoms with E-state index in [0.717, 1.165) is 0 Å². The molecule has 2 rings (SSSR count). The fourth-order valence-electron chi connectivity index (χ4n) is 1.24. The second-order valence-electron chi connectivity index (χ2n) is 3.13. The van der Waals surface area contributed by atoms with Gasteiger partial charge in [-0.2, -0.15) is 4.98 Å². The first-order valence-electron chi connectivity index (χ1n) is 4.79. The van der Waals surface area contributed by atoms with Crippen LogP contribution in [0.1, 0.15) is 0 Å². The Hall–Kier alpha value is -2.01. The Bertz CT molecular complexity index is 534. The summed E-state index contributed by atoms with van der Waals surface area (Å²) in [5, 5.41) is 0.283. The number of hydrogen-bond donors (Lipinski definition) is 1. The average molecular weight is 252 g/mol. The summed E-state index contributed by atoms with van der Waals surface area (Å²) in [5.41, 5.74) is 5.46. The quantitative estimate of drug-likeness (QED) is 0.908. The predicted molar refractivity (Wildman–Crippen MR) is 64.5 cm³/mol. The van der Waals surface area contributed by atoms with Crippen LogP contribution in [0.3, 0.4) is 0 Å². The summed E-state index contributed by atoms with van der Waals surface area (Å²) >= 11 is 5.90. The molecule has 0 aliphatic heterocycles. The van der Waals surface area contributed by atoms with E-state index >= 15 is 0 Å². The van der Waals surface area contributed by atoms with Gasteiger partial charge in [0.05, 0.1) is 13.3 Å². The van der Waals surface area contributed by atoms with Crippen LogP contribution in [0.25, 0.3) is 0 Å². The van der Waals surface area contributed by atoms with Crippen molar-refractivity contribution in [1.29, 1.82) is 0 Å². The van der Waals surface area contributed by atoms with Crippen molar-refractivity contribution < 1.29 is 9.47 Å². The van der Waals surface area contributed by atoms with Gasteiger partial charge in [-0.25, -0.2) is 4.98 Å². The molecule has 0 aliphatic rings. The topological polar surface area (TPSA) is 70.3 Å². The molecule has 0 fully saturated rings. The van der Waals surface area contributed by atoms with Gasteiger partial charge in [-0.05, 0) is 12.1 Å². The highest BCUT2D eigenvalue weighted by Crippen LogP contribution is 2.33. The van der Waals surface area contributed by atoms with Crippen LogP contribution in [0.15, 0.2) is 30.5 Å². The minimum absolute atomic E-state index is 0.0966. The number of rotatable bonds is 3. The van der Waals surface area contributed by atoms with Gasteiger partial charge < -0.3 is 15.2 Å². The van der Waals surface area contributed by atoms with Crippen molar-refractivity contribution in [2.75, 3.05) is 12.8 Å². The highest BCUT2D eigenvalue weighted by atomic mass is 35.5. The molecule has 1 aromatic carbocycles. The fraction of sp³-hybridized carbons (Fsp3) is 0.0909. The van der Waals surface area contributed by atoms with Crippen LogP contribution in [0, 0.1) is 0 Å². The number of methoxy groups -OCH3 is 1. The minimum atomic E-state index is 0.0966.